The van der Waals surface area contributed by atoms with Crippen LogP contribution in [0, 0.1) is 18.6 Å². The van der Waals surface area contributed by atoms with Gasteiger partial charge in [0.1, 0.15) is 18.2 Å². The average Bonchev–Trinajstić information content (AvgIpc) is 2.57. The van der Waals surface area contributed by atoms with Gasteiger partial charge in [0.15, 0.2) is 11.6 Å². The molecule has 24 heavy (non-hydrogen) atoms. The van der Waals surface area contributed by atoms with Gasteiger partial charge >= 0.3 is 6.16 Å². The molecule has 0 amide bonds. The van der Waals surface area contributed by atoms with E-state index in [9.17, 15) is 13.6 Å². The zero-order chi connectivity index (χ0) is 17.7. The third kappa shape index (κ3) is 4.17. The SMILES string of the molecule is COC(=O)Oc1cccc(CS)c1COc1cc(F)c(C)cc1F. The number of carbonyl (C=O) groups excluding carboxylic acids is 1. The predicted molar refractivity (Wildman–Crippen MR) is 87.6 cm³/mol. The number of rotatable bonds is 5. The van der Waals surface area contributed by atoms with E-state index in [0.717, 1.165) is 17.7 Å². The molecule has 0 heterocycles. The number of carbonyl (C=O) groups is 1. The molecule has 0 N–H and O–H groups in total. The molecule has 0 saturated carbocycles. The number of halogens is 2. The van der Waals surface area contributed by atoms with E-state index in [1.54, 1.807) is 18.2 Å². The summed E-state index contributed by atoms with van der Waals surface area (Å²) in [5.41, 5.74) is 1.41. The maximum atomic E-state index is 13.9. The lowest BCUT2D eigenvalue weighted by atomic mass is 10.1. The summed E-state index contributed by atoms with van der Waals surface area (Å²) in [5.74, 6) is -0.910. The largest absolute Gasteiger partial charge is 0.513 e. The summed E-state index contributed by atoms with van der Waals surface area (Å²) in [7, 11) is 1.19. The van der Waals surface area contributed by atoms with Crippen LogP contribution in [0.15, 0.2) is 30.3 Å². The molecule has 2 rings (SSSR count). The lowest BCUT2D eigenvalue weighted by Gasteiger charge is -2.15. The van der Waals surface area contributed by atoms with Crippen molar-refractivity contribution in [3.05, 3.63) is 58.7 Å². The van der Waals surface area contributed by atoms with Crippen LogP contribution in [0.5, 0.6) is 11.5 Å². The normalized spacial score (nSPS) is 10.4. The third-order valence-corrected chi connectivity index (χ3v) is 3.69. The number of hydrogen-bond donors (Lipinski definition) is 1. The fourth-order valence-electron chi connectivity index (χ4n) is 2.04. The van der Waals surface area contributed by atoms with Crippen molar-refractivity contribution in [1.82, 2.24) is 0 Å². The fourth-order valence-corrected chi connectivity index (χ4v) is 2.33. The molecule has 0 aliphatic rings. The van der Waals surface area contributed by atoms with E-state index in [-0.39, 0.29) is 23.7 Å². The Hall–Kier alpha value is -2.28. The second-order valence-electron chi connectivity index (χ2n) is 4.93. The second kappa shape index (κ2) is 8.01. The Morgan fingerprint density at radius 3 is 2.58 bits per heavy atom. The molecule has 0 spiro atoms. The highest BCUT2D eigenvalue weighted by Gasteiger charge is 2.15. The molecule has 2 aromatic rings. The van der Waals surface area contributed by atoms with Crippen LogP contribution in [0.3, 0.4) is 0 Å². The lowest BCUT2D eigenvalue weighted by molar-refractivity contribution is 0.120. The number of aryl methyl sites for hydroxylation is 1. The summed E-state index contributed by atoms with van der Waals surface area (Å²) in [6, 6.07) is 7.03. The average molecular weight is 354 g/mol. The molecule has 0 atom stereocenters. The van der Waals surface area contributed by atoms with Crippen LogP contribution in [0.2, 0.25) is 0 Å². The predicted octanol–water partition coefficient (Wildman–Crippen LogP) is 4.43. The number of thiol groups is 1. The standard InChI is InChI=1S/C17H16F2O4S/c1-10-6-14(19)16(7-13(10)18)22-8-12-11(9-24)4-3-5-15(12)23-17(20)21-2/h3-7,24H,8-9H2,1-2H3. The van der Waals surface area contributed by atoms with Gasteiger partial charge in [-0.1, -0.05) is 12.1 Å². The molecule has 4 nitrogen and oxygen atoms in total. The Bertz CT molecular complexity index is 750. The van der Waals surface area contributed by atoms with Gasteiger partial charge in [-0.25, -0.2) is 13.6 Å². The first-order chi connectivity index (χ1) is 11.5. The van der Waals surface area contributed by atoms with Gasteiger partial charge in [0.05, 0.1) is 7.11 Å². The van der Waals surface area contributed by atoms with Crippen molar-refractivity contribution in [3.63, 3.8) is 0 Å². The molecule has 0 unspecified atom stereocenters. The molecule has 0 saturated heterocycles. The van der Waals surface area contributed by atoms with Crippen LogP contribution in [-0.2, 0) is 17.1 Å². The number of methoxy groups -OCH3 is 1. The summed E-state index contributed by atoms with van der Waals surface area (Å²) >= 11 is 4.21. The van der Waals surface area contributed by atoms with Gasteiger partial charge in [-0.2, -0.15) is 12.6 Å². The van der Waals surface area contributed by atoms with Gasteiger partial charge in [0, 0.05) is 17.4 Å². The van der Waals surface area contributed by atoms with Crippen LogP contribution in [-0.4, -0.2) is 13.3 Å². The maximum Gasteiger partial charge on any atom is 0.513 e. The molecule has 7 heteroatoms. The van der Waals surface area contributed by atoms with Crippen molar-refractivity contribution in [1.29, 1.82) is 0 Å². The van der Waals surface area contributed by atoms with Crippen LogP contribution >= 0.6 is 12.6 Å². The molecule has 128 valence electrons. The van der Waals surface area contributed by atoms with Gasteiger partial charge in [-0.05, 0) is 30.2 Å². The summed E-state index contributed by atoms with van der Waals surface area (Å²) < 4.78 is 42.3. The fraction of sp³-hybridized carbons (Fsp3) is 0.235. The number of hydrogen-bond acceptors (Lipinski definition) is 5. The maximum absolute atomic E-state index is 13.9. The van der Waals surface area contributed by atoms with E-state index in [0.29, 0.717) is 11.3 Å². The molecule has 0 aliphatic carbocycles. The highest BCUT2D eigenvalue weighted by molar-refractivity contribution is 7.79. The number of ether oxygens (including phenoxy) is 3. The highest BCUT2D eigenvalue weighted by Crippen LogP contribution is 2.28. The summed E-state index contributed by atoms with van der Waals surface area (Å²) in [4.78, 5) is 11.3. The minimum Gasteiger partial charge on any atom is -0.486 e. The Kier molecular flexibility index (Phi) is 6.03. The van der Waals surface area contributed by atoms with Gasteiger partial charge in [0.2, 0.25) is 0 Å². The van der Waals surface area contributed by atoms with E-state index < -0.39 is 17.8 Å². The van der Waals surface area contributed by atoms with Gasteiger partial charge < -0.3 is 14.2 Å². The topological polar surface area (TPSA) is 44.8 Å². The highest BCUT2D eigenvalue weighted by atomic mass is 32.1. The first kappa shape index (κ1) is 18.1. The van der Waals surface area contributed by atoms with Crippen LogP contribution in [0.25, 0.3) is 0 Å². The molecule has 0 fully saturated rings. The van der Waals surface area contributed by atoms with Crippen molar-refractivity contribution < 1.29 is 27.8 Å². The molecular formula is C17H16F2O4S. The minimum absolute atomic E-state index is 0.123. The smallest absolute Gasteiger partial charge is 0.486 e. The van der Waals surface area contributed by atoms with Crippen LogP contribution in [0.1, 0.15) is 16.7 Å². The van der Waals surface area contributed by atoms with E-state index in [4.69, 9.17) is 9.47 Å². The zero-order valence-electron chi connectivity index (χ0n) is 13.1. The summed E-state index contributed by atoms with van der Waals surface area (Å²) in [6.07, 6.45) is -0.889. The molecular weight excluding hydrogens is 338 g/mol. The van der Waals surface area contributed by atoms with Crippen molar-refractivity contribution >= 4 is 18.8 Å². The second-order valence-corrected chi connectivity index (χ2v) is 5.24. The molecule has 0 aromatic heterocycles. The van der Waals surface area contributed by atoms with Crippen LogP contribution in [0.4, 0.5) is 13.6 Å². The molecule has 0 bridgehead atoms. The molecule has 0 aliphatic heterocycles. The van der Waals surface area contributed by atoms with E-state index >= 15 is 0 Å². The van der Waals surface area contributed by atoms with Crippen molar-refractivity contribution in [2.75, 3.05) is 7.11 Å². The first-order valence-corrected chi connectivity index (χ1v) is 7.65. The van der Waals surface area contributed by atoms with Crippen molar-refractivity contribution in [2.24, 2.45) is 0 Å². The summed E-state index contributed by atoms with van der Waals surface area (Å²) in [6.45, 7) is 1.34. The van der Waals surface area contributed by atoms with E-state index in [1.165, 1.54) is 14.0 Å². The van der Waals surface area contributed by atoms with Crippen molar-refractivity contribution in [3.8, 4) is 11.5 Å². The lowest BCUT2D eigenvalue weighted by Crippen LogP contribution is -2.11. The Labute approximate surface area is 143 Å². The first-order valence-electron chi connectivity index (χ1n) is 7.02. The summed E-state index contributed by atoms with van der Waals surface area (Å²) in [5, 5.41) is 0. The third-order valence-electron chi connectivity index (χ3n) is 3.35. The monoisotopic (exact) mass is 354 g/mol. The molecule has 2 aromatic carbocycles. The van der Waals surface area contributed by atoms with Gasteiger partial charge in [-0.3, -0.25) is 0 Å². The van der Waals surface area contributed by atoms with Gasteiger partial charge in [0.25, 0.3) is 0 Å². The van der Waals surface area contributed by atoms with Crippen molar-refractivity contribution in [2.45, 2.75) is 19.3 Å². The Morgan fingerprint density at radius 1 is 1.17 bits per heavy atom. The van der Waals surface area contributed by atoms with E-state index in [2.05, 4.69) is 17.4 Å². The quantitative estimate of drug-likeness (QED) is 0.490. The minimum atomic E-state index is -0.889. The van der Waals surface area contributed by atoms with Gasteiger partial charge in [-0.15, -0.1) is 0 Å². The van der Waals surface area contributed by atoms with E-state index in [1.807, 2.05) is 0 Å². The zero-order valence-corrected chi connectivity index (χ0v) is 14.0. The van der Waals surface area contributed by atoms with Crippen LogP contribution < -0.4 is 9.47 Å². The molecule has 0 radical (unpaired) electrons. The Balaban J connectivity index is 2.28. The number of benzene rings is 2. The Morgan fingerprint density at radius 2 is 1.92 bits per heavy atom.